The summed E-state index contributed by atoms with van der Waals surface area (Å²) in [6.45, 7) is 0. The van der Waals surface area contributed by atoms with Gasteiger partial charge in [-0.25, -0.2) is 0 Å². The molecule has 0 aromatic heterocycles. The average Bonchev–Trinajstić information content (AvgIpc) is 2.76. The minimum Gasteiger partial charge on any atom is -0.699 e. The van der Waals surface area contributed by atoms with Crippen molar-refractivity contribution in [2.75, 3.05) is 0 Å². The molecule has 1 saturated carbocycles. The van der Waals surface area contributed by atoms with Crippen molar-refractivity contribution in [2.24, 2.45) is 0 Å². The Hall–Kier alpha value is -0.227. The maximum absolute atomic E-state index is 7.56. The van der Waals surface area contributed by atoms with Crippen molar-refractivity contribution in [3.63, 3.8) is 0 Å². The van der Waals surface area contributed by atoms with E-state index in [0.29, 0.717) is 11.6 Å². The van der Waals surface area contributed by atoms with Crippen LogP contribution >= 0.6 is 0 Å². The van der Waals surface area contributed by atoms with E-state index in [-0.39, 0.29) is 21.1 Å². The zero-order valence-corrected chi connectivity index (χ0v) is 9.51. The molecule has 1 aromatic carbocycles. The molecular weight excluding hydrogens is 317 g/mol. The number of hydrogen-bond donors (Lipinski definition) is 0. The van der Waals surface area contributed by atoms with Gasteiger partial charge in [-0.15, -0.1) is 5.69 Å². The van der Waals surface area contributed by atoms with E-state index in [0.717, 1.165) is 17.4 Å². The van der Waals surface area contributed by atoms with E-state index in [9.17, 15) is 0 Å². The van der Waals surface area contributed by atoms with E-state index in [4.69, 9.17) is 13.6 Å². The van der Waals surface area contributed by atoms with Crippen molar-refractivity contribution in [2.45, 2.75) is 12.3 Å². The zero-order valence-electron chi connectivity index (χ0n) is 6.58. The Kier molecular flexibility index (Phi) is 3.00. The van der Waals surface area contributed by atoms with Crippen LogP contribution < -0.4 is 5.46 Å². The molecular formula is C9H8BNW. The normalized spacial score (nSPS) is 19.8. The summed E-state index contributed by atoms with van der Waals surface area (Å²) in [5.41, 5.74) is 10.0. The van der Waals surface area contributed by atoms with E-state index in [1.807, 2.05) is 6.07 Å². The third kappa shape index (κ3) is 1.92. The van der Waals surface area contributed by atoms with Gasteiger partial charge in [0.2, 0.25) is 0 Å². The monoisotopic (exact) mass is 325 g/mol. The molecule has 1 N–H and O–H groups in total. The van der Waals surface area contributed by atoms with E-state index in [1.165, 1.54) is 0 Å². The van der Waals surface area contributed by atoms with Gasteiger partial charge in [0.05, 0.1) is 0 Å². The standard InChI is InChI=1S/C9H8BN.W/c10-7-3-4-9(11)8(5-7)6-1-2-6;/h1,3-6,11H,2H2;/q-2;+2. The van der Waals surface area contributed by atoms with Crippen LogP contribution in [-0.4, -0.2) is 7.85 Å². The van der Waals surface area contributed by atoms with E-state index >= 15 is 0 Å². The minimum absolute atomic E-state index is 0. The molecule has 12 heavy (non-hydrogen) atoms. The Morgan fingerprint density at radius 2 is 2.17 bits per heavy atom. The van der Waals surface area contributed by atoms with Gasteiger partial charge in [0.25, 0.3) is 0 Å². The molecule has 1 unspecified atom stereocenters. The van der Waals surface area contributed by atoms with Gasteiger partial charge in [0, 0.05) is 0 Å². The van der Waals surface area contributed by atoms with Gasteiger partial charge in [-0.3, -0.25) is 0 Å². The van der Waals surface area contributed by atoms with Crippen LogP contribution in [0.15, 0.2) is 18.2 Å². The summed E-state index contributed by atoms with van der Waals surface area (Å²) in [6, 6.07) is 5.43. The summed E-state index contributed by atoms with van der Waals surface area (Å²) in [7, 11) is 5.60. The van der Waals surface area contributed by atoms with Crippen molar-refractivity contribution >= 4 is 19.0 Å². The number of hydrogen-bond acceptors (Lipinski definition) is 0. The van der Waals surface area contributed by atoms with Crippen LogP contribution in [0.2, 0.25) is 0 Å². The predicted octanol–water partition coefficient (Wildman–Crippen LogP) is 1.85. The van der Waals surface area contributed by atoms with Crippen LogP contribution in [0.25, 0.3) is 5.73 Å². The van der Waals surface area contributed by atoms with E-state index < -0.39 is 0 Å². The third-order valence-electron chi connectivity index (χ3n) is 1.95. The van der Waals surface area contributed by atoms with Gasteiger partial charge < -0.3 is 12.2 Å². The third-order valence-corrected chi connectivity index (χ3v) is 1.95. The molecule has 1 aromatic rings. The zero-order chi connectivity index (χ0) is 7.84. The van der Waals surface area contributed by atoms with Crippen molar-refractivity contribution in [1.29, 1.82) is 0 Å². The molecule has 0 spiro atoms. The molecule has 0 aliphatic heterocycles. The first-order chi connectivity index (χ1) is 5.27. The summed E-state index contributed by atoms with van der Waals surface area (Å²) >= 11 is 0. The van der Waals surface area contributed by atoms with Gasteiger partial charge in [-0.05, 0) is 0 Å². The molecule has 2 rings (SSSR count). The molecule has 2 radical (unpaired) electrons. The second kappa shape index (κ2) is 3.66. The van der Waals surface area contributed by atoms with Gasteiger partial charge >= 0.3 is 21.1 Å². The maximum Gasteiger partial charge on any atom is 2.00 e. The van der Waals surface area contributed by atoms with Crippen LogP contribution in [0.4, 0.5) is 5.69 Å². The Labute approximate surface area is 88.4 Å². The number of benzene rings is 1. The van der Waals surface area contributed by atoms with Gasteiger partial charge in [0.1, 0.15) is 7.85 Å². The largest absolute Gasteiger partial charge is 2.00 e. The molecule has 0 heterocycles. The molecule has 0 amide bonds. The van der Waals surface area contributed by atoms with Crippen LogP contribution in [0.1, 0.15) is 17.9 Å². The number of nitrogens with one attached hydrogen (secondary N) is 1. The summed E-state index contributed by atoms with van der Waals surface area (Å²) in [5.74, 6) is 0.506. The first-order valence-electron chi connectivity index (χ1n) is 3.72. The summed E-state index contributed by atoms with van der Waals surface area (Å²) in [6.07, 6.45) is 3.29. The predicted molar refractivity (Wildman–Crippen MR) is 47.5 cm³/mol. The van der Waals surface area contributed by atoms with Crippen molar-refractivity contribution in [3.8, 4) is 0 Å². The molecule has 58 valence electrons. The summed E-state index contributed by atoms with van der Waals surface area (Å²) in [5, 5.41) is 0. The first-order valence-corrected chi connectivity index (χ1v) is 3.72. The second-order valence-electron chi connectivity index (χ2n) is 2.92. The molecule has 1 aliphatic rings. The van der Waals surface area contributed by atoms with Gasteiger partial charge in [-0.1, -0.05) is 29.2 Å². The molecule has 1 aliphatic carbocycles. The first kappa shape index (κ1) is 9.86. The topological polar surface area (TPSA) is 23.8 Å². The van der Waals surface area contributed by atoms with Crippen LogP contribution in [-0.2, 0) is 21.1 Å². The van der Waals surface area contributed by atoms with Gasteiger partial charge in [-0.2, -0.15) is 12.3 Å². The van der Waals surface area contributed by atoms with Crippen LogP contribution in [0, 0.1) is 6.42 Å². The Bertz CT molecular complexity index is 284. The molecule has 1 fully saturated rings. The van der Waals surface area contributed by atoms with Crippen molar-refractivity contribution in [1.82, 2.24) is 0 Å². The smallest absolute Gasteiger partial charge is 0.699 e. The van der Waals surface area contributed by atoms with Crippen molar-refractivity contribution < 1.29 is 21.1 Å². The molecule has 0 bridgehead atoms. The Balaban J connectivity index is 0.000000720. The minimum atomic E-state index is 0. The van der Waals surface area contributed by atoms with E-state index in [2.05, 4.69) is 6.42 Å². The fraction of sp³-hybridized carbons (Fsp3) is 0.222. The molecule has 3 heteroatoms. The fourth-order valence-corrected chi connectivity index (χ4v) is 1.21. The fourth-order valence-electron chi connectivity index (χ4n) is 1.21. The van der Waals surface area contributed by atoms with Gasteiger partial charge in [0.15, 0.2) is 0 Å². The quantitative estimate of drug-likeness (QED) is 0.556. The average molecular weight is 325 g/mol. The van der Waals surface area contributed by atoms with Crippen LogP contribution in [0.3, 0.4) is 0 Å². The van der Waals surface area contributed by atoms with Crippen LogP contribution in [0.5, 0.6) is 0 Å². The Morgan fingerprint density at radius 3 is 2.75 bits per heavy atom. The van der Waals surface area contributed by atoms with Crippen molar-refractivity contribution in [3.05, 3.63) is 35.9 Å². The van der Waals surface area contributed by atoms with E-state index in [1.54, 1.807) is 12.1 Å². The maximum atomic E-state index is 7.56. The SMILES string of the molecule is [B]c1ccc([NH-])c(C2[CH-]C2)c1.[W+2]. The molecule has 1 nitrogen and oxygen atoms in total. The number of rotatable bonds is 1. The molecule has 0 saturated heterocycles. The summed E-state index contributed by atoms with van der Waals surface area (Å²) < 4.78 is 0. The second-order valence-corrected chi connectivity index (χ2v) is 2.92. The summed E-state index contributed by atoms with van der Waals surface area (Å²) in [4.78, 5) is 0. The Morgan fingerprint density at radius 1 is 1.50 bits per heavy atom. The molecule has 1 atom stereocenters.